The van der Waals surface area contributed by atoms with Crippen LogP contribution in [-0.2, 0) is 0 Å². The molecule has 1 aliphatic carbocycles. The summed E-state index contributed by atoms with van der Waals surface area (Å²) in [6.07, 6.45) is 14.5. The summed E-state index contributed by atoms with van der Waals surface area (Å²) in [5.74, 6) is 0.271. The molecule has 0 radical (unpaired) electrons. The minimum atomic E-state index is 0.271. The predicted octanol–water partition coefficient (Wildman–Crippen LogP) is 2.65. The fourth-order valence-corrected chi connectivity index (χ4v) is 2.38. The maximum absolute atomic E-state index is 8.46. The topological polar surface area (TPSA) is 74.2 Å². The fraction of sp³-hybridized carbons (Fsp3) is 0.846. The first-order valence-corrected chi connectivity index (χ1v) is 6.81. The van der Waals surface area contributed by atoms with Gasteiger partial charge in [0.1, 0.15) is 0 Å². The van der Waals surface area contributed by atoms with Gasteiger partial charge in [-0.15, -0.1) is 0 Å². The molecule has 0 bridgehead atoms. The zero-order valence-corrected chi connectivity index (χ0v) is 10.6. The summed E-state index contributed by atoms with van der Waals surface area (Å²) in [6, 6.07) is 0.300. The van der Waals surface area contributed by atoms with E-state index in [4.69, 9.17) is 11.0 Å². The van der Waals surface area contributed by atoms with E-state index < -0.39 is 0 Å². The first-order valence-electron chi connectivity index (χ1n) is 6.81. The van der Waals surface area contributed by atoms with Gasteiger partial charge in [0, 0.05) is 0 Å². The van der Waals surface area contributed by atoms with Gasteiger partial charge in [-0.2, -0.15) is 5.26 Å². The molecule has 0 aromatic heterocycles. The van der Waals surface area contributed by atoms with Crippen LogP contribution in [0.5, 0.6) is 0 Å². The molecule has 0 atom stereocenters. The Kier molecular flexibility index (Phi) is 7.20. The van der Waals surface area contributed by atoms with E-state index in [1.54, 1.807) is 0 Å². The molecular formula is C13H24N4. The molecular weight excluding hydrogens is 212 g/mol. The van der Waals surface area contributed by atoms with Crippen LogP contribution in [0, 0.1) is 11.5 Å². The van der Waals surface area contributed by atoms with Crippen molar-refractivity contribution in [1.29, 1.82) is 5.26 Å². The molecule has 1 saturated carbocycles. The van der Waals surface area contributed by atoms with Crippen molar-refractivity contribution in [2.24, 2.45) is 10.7 Å². The molecule has 17 heavy (non-hydrogen) atoms. The van der Waals surface area contributed by atoms with Crippen molar-refractivity contribution in [3.05, 3.63) is 0 Å². The number of hydrogen-bond acceptors (Lipinski definition) is 2. The van der Waals surface area contributed by atoms with Crippen LogP contribution in [0.3, 0.4) is 0 Å². The molecule has 0 amide bonds. The minimum Gasteiger partial charge on any atom is -0.369 e. The minimum absolute atomic E-state index is 0.271. The van der Waals surface area contributed by atoms with Gasteiger partial charge in [0.15, 0.2) is 6.19 Å². The summed E-state index contributed by atoms with van der Waals surface area (Å²) in [4.78, 5) is 4.39. The lowest BCUT2D eigenvalue weighted by Crippen LogP contribution is -2.29. The van der Waals surface area contributed by atoms with E-state index in [2.05, 4.69) is 10.3 Å². The summed E-state index contributed by atoms with van der Waals surface area (Å²) >= 11 is 0. The number of hydrogen-bond donors (Lipinski definition) is 2. The van der Waals surface area contributed by atoms with E-state index in [1.165, 1.54) is 51.4 Å². The third-order valence-electron chi connectivity index (χ3n) is 3.33. The summed E-state index contributed by atoms with van der Waals surface area (Å²) in [5, 5.41) is 10.9. The van der Waals surface area contributed by atoms with Gasteiger partial charge in [-0.05, 0) is 12.8 Å². The highest BCUT2D eigenvalue weighted by Gasteiger charge is 2.08. The van der Waals surface area contributed by atoms with E-state index in [0.29, 0.717) is 6.04 Å². The molecule has 0 unspecified atom stereocenters. The summed E-state index contributed by atoms with van der Waals surface area (Å²) < 4.78 is 0. The Labute approximate surface area is 104 Å². The number of rotatable bonds is 1. The summed E-state index contributed by atoms with van der Waals surface area (Å²) in [5.41, 5.74) is 5.62. The second-order valence-corrected chi connectivity index (χ2v) is 4.81. The van der Waals surface area contributed by atoms with Crippen LogP contribution in [0.15, 0.2) is 4.99 Å². The number of nitriles is 1. The van der Waals surface area contributed by atoms with Crippen LogP contribution in [0.2, 0.25) is 0 Å². The highest BCUT2D eigenvalue weighted by Crippen LogP contribution is 2.18. The van der Waals surface area contributed by atoms with Crippen LogP contribution in [-0.4, -0.2) is 12.0 Å². The smallest absolute Gasteiger partial charge is 0.202 e. The van der Waals surface area contributed by atoms with Crippen LogP contribution in [0.25, 0.3) is 0 Å². The van der Waals surface area contributed by atoms with Gasteiger partial charge in [-0.3, -0.25) is 5.32 Å². The standard InChI is InChI=1S/C13H24N4/c14-11-16-13(15)17-12-9-7-5-3-1-2-4-6-8-10-12/h12H,1-10H2,(H3,15,16,17). The predicted molar refractivity (Wildman–Crippen MR) is 70.3 cm³/mol. The van der Waals surface area contributed by atoms with E-state index in [1.807, 2.05) is 6.19 Å². The van der Waals surface area contributed by atoms with Gasteiger partial charge in [0.05, 0.1) is 6.04 Å². The van der Waals surface area contributed by atoms with E-state index >= 15 is 0 Å². The average molecular weight is 236 g/mol. The molecule has 0 aliphatic heterocycles. The van der Waals surface area contributed by atoms with Crippen LogP contribution in [0.1, 0.15) is 64.2 Å². The van der Waals surface area contributed by atoms with Gasteiger partial charge in [-0.1, -0.05) is 51.4 Å². The average Bonchev–Trinajstić information content (AvgIpc) is 2.35. The largest absolute Gasteiger partial charge is 0.369 e. The Bertz CT molecular complexity index is 255. The Hall–Kier alpha value is -1.24. The lowest BCUT2D eigenvalue weighted by Gasteiger charge is -2.12. The zero-order chi connectivity index (χ0) is 12.3. The van der Waals surface area contributed by atoms with Gasteiger partial charge in [-0.25, -0.2) is 4.99 Å². The van der Waals surface area contributed by atoms with Crippen molar-refractivity contribution < 1.29 is 0 Å². The number of nitrogens with zero attached hydrogens (tertiary/aromatic N) is 2. The van der Waals surface area contributed by atoms with Crippen molar-refractivity contribution in [3.63, 3.8) is 0 Å². The van der Waals surface area contributed by atoms with Gasteiger partial charge >= 0.3 is 0 Å². The Morgan fingerprint density at radius 2 is 1.47 bits per heavy atom. The van der Waals surface area contributed by atoms with Crippen molar-refractivity contribution in [3.8, 4) is 6.19 Å². The summed E-state index contributed by atoms with van der Waals surface area (Å²) in [7, 11) is 0. The van der Waals surface area contributed by atoms with Crippen LogP contribution < -0.4 is 11.1 Å². The van der Waals surface area contributed by atoms with Crippen molar-refractivity contribution in [2.75, 3.05) is 0 Å². The first-order chi connectivity index (χ1) is 8.33. The Morgan fingerprint density at radius 3 is 1.94 bits per heavy atom. The second kappa shape index (κ2) is 8.86. The lowest BCUT2D eigenvalue weighted by atomic mass is 10.0. The van der Waals surface area contributed by atoms with Crippen molar-refractivity contribution >= 4 is 5.96 Å². The van der Waals surface area contributed by atoms with Gasteiger partial charge in [0.2, 0.25) is 5.96 Å². The zero-order valence-electron chi connectivity index (χ0n) is 10.6. The fourth-order valence-electron chi connectivity index (χ4n) is 2.38. The molecule has 1 aliphatic rings. The molecule has 1 rings (SSSR count). The maximum atomic E-state index is 8.46. The van der Waals surface area contributed by atoms with Crippen LogP contribution in [0.4, 0.5) is 0 Å². The van der Waals surface area contributed by atoms with E-state index in [-0.39, 0.29) is 5.96 Å². The molecule has 0 aromatic carbocycles. The molecule has 0 saturated heterocycles. The second-order valence-electron chi connectivity index (χ2n) is 4.81. The lowest BCUT2D eigenvalue weighted by molar-refractivity contribution is 0.510. The van der Waals surface area contributed by atoms with Gasteiger partial charge < -0.3 is 5.73 Å². The molecule has 4 nitrogen and oxygen atoms in total. The SMILES string of the molecule is N#CNC(N)=NC1CCCCCCCCCC1. The Morgan fingerprint density at radius 1 is 1.00 bits per heavy atom. The van der Waals surface area contributed by atoms with E-state index in [9.17, 15) is 0 Å². The van der Waals surface area contributed by atoms with Crippen molar-refractivity contribution in [1.82, 2.24) is 5.32 Å². The first kappa shape index (κ1) is 13.8. The quantitative estimate of drug-likeness (QED) is 0.318. The Balaban J connectivity index is 2.42. The highest BCUT2D eigenvalue weighted by molar-refractivity contribution is 5.79. The molecule has 1 fully saturated rings. The monoisotopic (exact) mass is 236 g/mol. The van der Waals surface area contributed by atoms with Crippen molar-refractivity contribution in [2.45, 2.75) is 70.3 Å². The normalized spacial score (nSPS) is 21.2. The molecule has 3 N–H and O–H groups in total. The molecule has 96 valence electrons. The van der Waals surface area contributed by atoms with Crippen LogP contribution >= 0.6 is 0 Å². The third kappa shape index (κ3) is 6.83. The number of guanidine groups is 1. The number of nitrogens with one attached hydrogen (secondary N) is 1. The van der Waals surface area contributed by atoms with E-state index in [0.717, 1.165) is 12.8 Å². The highest BCUT2D eigenvalue weighted by atomic mass is 15.1. The number of aliphatic imine (C=N–C) groups is 1. The summed E-state index contributed by atoms with van der Waals surface area (Å²) in [6.45, 7) is 0. The maximum Gasteiger partial charge on any atom is 0.202 e. The molecule has 0 aromatic rings. The van der Waals surface area contributed by atoms with Gasteiger partial charge in [0.25, 0.3) is 0 Å². The number of nitrogens with two attached hydrogens (primary N) is 1. The third-order valence-corrected chi connectivity index (χ3v) is 3.33. The molecule has 0 spiro atoms. The molecule has 4 heteroatoms. The molecule has 0 heterocycles.